The number of methoxy groups -OCH3 is 1. The Morgan fingerprint density at radius 3 is 2.53 bits per heavy atom. The van der Waals surface area contributed by atoms with Gasteiger partial charge in [-0.25, -0.2) is 0 Å². The molecule has 294 valence electrons. The van der Waals surface area contributed by atoms with Gasteiger partial charge in [-0.3, -0.25) is 14.4 Å². The minimum atomic E-state index is -2.56. The summed E-state index contributed by atoms with van der Waals surface area (Å²) in [4.78, 5) is 49.9. The Balaban J connectivity index is 1.17. The number of hydrogen-bond acceptors (Lipinski definition) is 6. The number of ether oxygens (including phenoxy) is 2. The topological polar surface area (TPSA) is 124 Å². The number of nitrogens with zero attached hydrogens (tertiary/aromatic N) is 2. The first-order valence-electron chi connectivity index (χ1n) is 19.7. The quantitative estimate of drug-likeness (QED) is 0.105. The first kappa shape index (κ1) is 38.4. The first-order chi connectivity index (χ1) is 27.5. The molecule has 57 heavy (non-hydrogen) atoms. The molecule has 3 N–H and O–H groups in total. The minimum Gasteiger partial charge on any atom is -0.497 e. The van der Waals surface area contributed by atoms with Gasteiger partial charge >= 0.3 is 0 Å². The molecule has 11 heteroatoms. The maximum Gasteiger partial charge on any atom is 0.264 e. The second kappa shape index (κ2) is 15.1. The van der Waals surface area contributed by atoms with Crippen LogP contribution in [0.15, 0.2) is 110 Å². The van der Waals surface area contributed by atoms with Gasteiger partial charge in [-0.2, -0.15) is 0 Å². The van der Waals surface area contributed by atoms with E-state index in [4.69, 9.17) is 9.47 Å². The highest BCUT2D eigenvalue weighted by Gasteiger charge is 2.66. The number of aliphatic hydroxyl groups is 1. The highest BCUT2D eigenvalue weighted by molar-refractivity contribution is 6.91. The molecular weight excluding hydrogens is 733 g/mol. The number of para-hydroxylation sites is 1. The molecule has 0 unspecified atom stereocenters. The number of carbonyl (C=O) groups is 3. The van der Waals surface area contributed by atoms with Crippen LogP contribution in [0.2, 0.25) is 18.6 Å². The molecule has 10 nitrogen and oxygen atoms in total. The van der Waals surface area contributed by atoms with E-state index in [0.29, 0.717) is 29.9 Å². The van der Waals surface area contributed by atoms with Crippen LogP contribution in [0.25, 0.3) is 10.9 Å². The maximum atomic E-state index is 15.1. The Kier molecular flexibility index (Phi) is 10.2. The average Bonchev–Trinajstić information content (AvgIpc) is 3.83. The molecule has 4 aromatic carbocycles. The summed E-state index contributed by atoms with van der Waals surface area (Å²) in [7, 11) is -0.911. The van der Waals surface area contributed by atoms with E-state index in [0.717, 1.165) is 38.5 Å². The lowest BCUT2D eigenvalue weighted by atomic mass is 9.82. The Hall–Kier alpha value is -5.49. The lowest BCUT2D eigenvalue weighted by Gasteiger charge is -2.39. The summed E-state index contributed by atoms with van der Waals surface area (Å²) in [5, 5.41) is 15.7. The number of rotatable bonds is 11. The van der Waals surface area contributed by atoms with Crippen molar-refractivity contribution in [2.24, 2.45) is 5.92 Å². The van der Waals surface area contributed by atoms with E-state index in [1.54, 1.807) is 23.0 Å². The molecule has 1 aromatic heterocycles. The van der Waals surface area contributed by atoms with Crippen LogP contribution in [-0.4, -0.2) is 73.2 Å². The van der Waals surface area contributed by atoms with Crippen molar-refractivity contribution in [3.8, 4) is 5.75 Å². The van der Waals surface area contributed by atoms with Gasteiger partial charge in [-0.15, -0.1) is 6.58 Å². The predicted molar refractivity (Wildman–Crippen MR) is 225 cm³/mol. The van der Waals surface area contributed by atoms with Crippen LogP contribution in [0.3, 0.4) is 0 Å². The monoisotopic (exact) mass is 782 g/mol. The van der Waals surface area contributed by atoms with Crippen molar-refractivity contribution in [3.63, 3.8) is 0 Å². The fourth-order valence-electron chi connectivity index (χ4n) is 9.89. The normalized spacial score (nSPS) is 22.8. The molecule has 5 aromatic rings. The fourth-order valence-corrected chi connectivity index (χ4v) is 13.9. The third-order valence-electron chi connectivity index (χ3n) is 12.7. The third-order valence-corrected chi connectivity index (χ3v) is 17.1. The zero-order valence-corrected chi connectivity index (χ0v) is 34.0. The van der Waals surface area contributed by atoms with Gasteiger partial charge in [0, 0.05) is 47.4 Å². The number of benzene rings is 4. The second-order valence-corrected chi connectivity index (χ2v) is 20.9. The van der Waals surface area contributed by atoms with E-state index >= 15 is 4.79 Å². The molecule has 3 amide bonds. The van der Waals surface area contributed by atoms with E-state index in [1.165, 1.54) is 0 Å². The van der Waals surface area contributed by atoms with Crippen molar-refractivity contribution in [3.05, 3.63) is 132 Å². The number of H-pyrrole nitrogens is 1. The van der Waals surface area contributed by atoms with Crippen molar-refractivity contribution in [2.45, 2.75) is 69.1 Å². The Labute approximate surface area is 334 Å². The number of aliphatic hydroxyl groups excluding tert-OH is 1. The van der Waals surface area contributed by atoms with Gasteiger partial charge < -0.3 is 34.7 Å². The molecule has 3 aliphatic heterocycles. The molecule has 4 heterocycles. The third kappa shape index (κ3) is 6.57. The maximum absolute atomic E-state index is 15.1. The smallest absolute Gasteiger partial charge is 0.264 e. The SMILES string of the molecule is C=CCN1C(=O)[C@]2(O[C@H](CC(=O)N3Cc4ccccc4C[C@H]3CO)[C@@H]([Si](C)(C)c3ccc(OC)cc3)[C@@H]2C)c2cc(NC(=O)Cc3c[nH]c4ccccc34)ccc21. The van der Waals surface area contributed by atoms with Crippen molar-refractivity contribution in [1.29, 1.82) is 0 Å². The van der Waals surface area contributed by atoms with Gasteiger partial charge in [0.25, 0.3) is 5.91 Å². The van der Waals surface area contributed by atoms with E-state index in [9.17, 15) is 14.7 Å². The number of hydrogen-bond donors (Lipinski definition) is 3. The summed E-state index contributed by atoms with van der Waals surface area (Å²) in [5.41, 5.74) is 4.38. The molecule has 0 aliphatic carbocycles. The van der Waals surface area contributed by atoms with Gasteiger partial charge in [0.2, 0.25) is 11.8 Å². The minimum absolute atomic E-state index is 0.0487. The zero-order valence-electron chi connectivity index (χ0n) is 33.0. The molecule has 3 aliphatic rings. The van der Waals surface area contributed by atoms with Crippen LogP contribution in [0.5, 0.6) is 5.75 Å². The van der Waals surface area contributed by atoms with Crippen LogP contribution < -0.4 is 20.1 Å². The van der Waals surface area contributed by atoms with E-state index in [1.807, 2.05) is 79.0 Å². The van der Waals surface area contributed by atoms with Gasteiger partial charge in [0.15, 0.2) is 5.60 Å². The number of carbonyl (C=O) groups excluding carboxylic acids is 3. The predicted octanol–water partition coefficient (Wildman–Crippen LogP) is 6.44. The Morgan fingerprint density at radius 1 is 1.05 bits per heavy atom. The number of aromatic amines is 1. The lowest BCUT2D eigenvalue weighted by Crippen LogP contribution is -2.52. The summed E-state index contributed by atoms with van der Waals surface area (Å²) in [6, 6.07) is 29.3. The molecular formula is C46H50N4O6Si. The summed E-state index contributed by atoms with van der Waals surface area (Å²) in [6.07, 6.45) is 3.74. The van der Waals surface area contributed by atoms with Crippen molar-refractivity contribution >= 4 is 53.3 Å². The zero-order chi connectivity index (χ0) is 40.1. The lowest BCUT2D eigenvalue weighted by molar-refractivity contribution is -0.150. The van der Waals surface area contributed by atoms with Gasteiger partial charge in [-0.1, -0.05) is 85.9 Å². The Morgan fingerprint density at radius 2 is 1.79 bits per heavy atom. The first-order valence-corrected chi connectivity index (χ1v) is 22.8. The molecule has 5 atom stereocenters. The summed E-state index contributed by atoms with van der Waals surface area (Å²) in [6.45, 7) is 11.1. The van der Waals surface area contributed by atoms with E-state index in [-0.39, 0.29) is 61.2 Å². The van der Waals surface area contributed by atoms with Gasteiger partial charge in [-0.05, 0) is 65.1 Å². The highest BCUT2D eigenvalue weighted by Crippen LogP contribution is 2.60. The highest BCUT2D eigenvalue weighted by atomic mass is 28.3. The number of nitrogens with one attached hydrogen (secondary N) is 2. The molecule has 0 radical (unpaired) electrons. The number of aromatic nitrogens is 1. The van der Waals surface area contributed by atoms with Crippen LogP contribution >= 0.6 is 0 Å². The standard InChI is InChI=1S/C46H50N4O6Si/c1-6-21-49-40-20-15-33(48-42(52)23-32-26-47-39-14-10-9-13-37(32)39)24-38(40)46(45(49)54)29(2)44(57(4,5)36-18-16-35(55-3)17-19-36)41(56-46)25-43(53)50-27-31-12-8-7-11-30(31)22-34(50)28-51/h6-20,24,26,29,34,41,44,47,51H,1,21-23,25,27-28H2,2-5H3,(H,48,52)/t29-,34-,41+,44-,46+/m0/s1. The molecule has 0 bridgehead atoms. The van der Waals surface area contributed by atoms with Crippen LogP contribution in [0, 0.1) is 5.92 Å². The number of anilines is 2. The van der Waals surface area contributed by atoms with Crippen LogP contribution in [-0.2, 0) is 44.1 Å². The molecule has 0 saturated carbocycles. The van der Waals surface area contributed by atoms with Crippen LogP contribution in [0.4, 0.5) is 11.4 Å². The fraction of sp³-hybridized carbons (Fsp3) is 0.326. The summed E-state index contributed by atoms with van der Waals surface area (Å²) in [5.74, 6) is -0.103. The van der Waals surface area contributed by atoms with Crippen LogP contribution in [0.1, 0.15) is 35.6 Å². The molecule has 1 fully saturated rings. The van der Waals surface area contributed by atoms with Gasteiger partial charge in [0.05, 0.1) is 52.5 Å². The summed E-state index contributed by atoms with van der Waals surface area (Å²) >= 11 is 0. The summed E-state index contributed by atoms with van der Waals surface area (Å²) < 4.78 is 12.7. The van der Waals surface area contributed by atoms with Gasteiger partial charge in [0.1, 0.15) is 5.75 Å². The number of amides is 3. The average molecular weight is 783 g/mol. The number of fused-ring (bicyclic) bond motifs is 4. The largest absolute Gasteiger partial charge is 0.497 e. The van der Waals surface area contributed by atoms with Crippen molar-refractivity contribution in [2.75, 3.05) is 30.5 Å². The molecule has 1 saturated heterocycles. The molecule has 8 rings (SSSR count). The van der Waals surface area contributed by atoms with E-state index < -0.39 is 19.8 Å². The molecule has 1 spiro atoms. The Bertz CT molecular complexity index is 2360. The second-order valence-electron chi connectivity index (χ2n) is 16.2. The van der Waals surface area contributed by atoms with Crippen molar-refractivity contribution < 1.29 is 29.0 Å². The van der Waals surface area contributed by atoms with Crippen molar-refractivity contribution in [1.82, 2.24) is 9.88 Å². The van der Waals surface area contributed by atoms with E-state index in [2.05, 4.69) is 55.1 Å².